The van der Waals surface area contributed by atoms with Crippen LogP contribution < -0.4 is 0 Å². The predicted molar refractivity (Wildman–Crippen MR) is 74.9 cm³/mol. The Morgan fingerprint density at radius 3 is 2.56 bits per heavy atom. The molecule has 1 aromatic carbocycles. The van der Waals surface area contributed by atoms with Crippen molar-refractivity contribution in [2.24, 2.45) is 0 Å². The van der Waals surface area contributed by atoms with E-state index in [0.29, 0.717) is 11.5 Å². The van der Waals surface area contributed by atoms with Gasteiger partial charge in [-0.3, -0.25) is 0 Å². The van der Waals surface area contributed by atoms with Crippen molar-refractivity contribution in [3.05, 3.63) is 41.4 Å². The lowest BCUT2D eigenvalue weighted by Gasteiger charge is -1.96. The van der Waals surface area contributed by atoms with Gasteiger partial charge in [-0.2, -0.15) is 0 Å². The molecule has 1 heterocycles. The van der Waals surface area contributed by atoms with Gasteiger partial charge in [0.15, 0.2) is 0 Å². The maximum atomic E-state index is 11.4. The van der Waals surface area contributed by atoms with Crippen LogP contribution in [0.25, 0.3) is 10.6 Å². The van der Waals surface area contributed by atoms with Gasteiger partial charge >= 0.3 is 5.97 Å². The summed E-state index contributed by atoms with van der Waals surface area (Å²) in [6, 6.07) is 9.77. The summed E-state index contributed by atoms with van der Waals surface area (Å²) < 4.78 is 4.91. The lowest BCUT2D eigenvalue weighted by Crippen LogP contribution is -2.01. The molecule has 2 rings (SSSR count). The molecule has 0 bridgehead atoms. The average Bonchev–Trinajstić information content (AvgIpc) is 2.92. The van der Waals surface area contributed by atoms with Gasteiger partial charge in [0.05, 0.1) is 12.8 Å². The number of carbonyl (C=O) groups is 1. The summed E-state index contributed by atoms with van der Waals surface area (Å²) in [6.45, 7) is 6.18. The van der Waals surface area contributed by atoms with Gasteiger partial charge in [0.2, 0.25) is 0 Å². The lowest BCUT2D eigenvalue weighted by molar-refractivity contribution is 0.0532. The Morgan fingerprint density at radius 2 is 1.94 bits per heavy atom. The van der Waals surface area contributed by atoms with Crippen LogP contribution in [-0.4, -0.2) is 17.6 Å². The van der Waals surface area contributed by atoms with Crippen LogP contribution in [0.4, 0.5) is 0 Å². The monoisotopic (exact) mass is 263 g/mol. The maximum absolute atomic E-state index is 11.4. The first kappa shape index (κ1) is 14.4. The van der Waals surface area contributed by atoms with Crippen LogP contribution in [0.1, 0.15) is 30.4 Å². The molecule has 4 heteroatoms. The smallest absolute Gasteiger partial charge is 0.349 e. The van der Waals surface area contributed by atoms with Crippen LogP contribution >= 0.6 is 11.3 Å². The van der Waals surface area contributed by atoms with Crippen molar-refractivity contribution < 1.29 is 9.53 Å². The normalized spacial score (nSPS) is 9.28. The van der Waals surface area contributed by atoms with Crippen molar-refractivity contribution in [1.29, 1.82) is 0 Å². The number of aromatic nitrogens is 1. The molecular weight excluding hydrogens is 246 g/mol. The van der Waals surface area contributed by atoms with Gasteiger partial charge in [0, 0.05) is 5.56 Å². The number of ether oxygens (including phenoxy) is 1. The van der Waals surface area contributed by atoms with Crippen LogP contribution in [0, 0.1) is 0 Å². The third kappa shape index (κ3) is 3.67. The second kappa shape index (κ2) is 7.61. The fraction of sp³-hybridized carbons (Fsp3) is 0.286. The summed E-state index contributed by atoms with van der Waals surface area (Å²) in [5.41, 5.74) is 1.02. The zero-order valence-electron chi connectivity index (χ0n) is 10.8. The Hall–Kier alpha value is -1.68. The fourth-order valence-corrected chi connectivity index (χ4v) is 2.10. The van der Waals surface area contributed by atoms with E-state index in [1.807, 2.05) is 44.2 Å². The SMILES string of the molecule is CC.CCOC(=O)c1cnc(-c2ccccc2)s1. The third-order valence-corrected chi connectivity index (χ3v) is 3.03. The van der Waals surface area contributed by atoms with Gasteiger partial charge in [-0.05, 0) is 6.92 Å². The zero-order valence-corrected chi connectivity index (χ0v) is 11.7. The Balaban J connectivity index is 0.000000771. The van der Waals surface area contributed by atoms with E-state index in [-0.39, 0.29) is 5.97 Å². The highest BCUT2D eigenvalue weighted by Crippen LogP contribution is 2.25. The number of thiazole rings is 1. The third-order valence-electron chi connectivity index (χ3n) is 2.00. The average molecular weight is 263 g/mol. The van der Waals surface area contributed by atoms with E-state index in [4.69, 9.17) is 4.74 Å². The van der Waals surface area contributed by atoms with Crippen LogP contribution in [0.5, 0.6) is 0 Å². The summed E-state index contributed by atoms with van der Waals surface area (Å²) in [7, 11) is 0. The van der Waals surface area contributed by atoms with Crippen molar-refractivity contribution in [2.45, 2.75) is 20.8 Å². The highest BCUT2D eigenvalue weighted by molar-refractivity contribution is 7.16. The van der Waals surface area contributed by atoms with E-state index in [2.05, 4.69) is 4.98 Å². The summed E-state index contributed by atoms with van der Waals surface area (Å²) in [5.74, 6) is -0.304. The number of benzene rings is 1. The molecule has 1 aromatic heterocycles. The van der Waals surface area contributed by atoms with Crippen molar-refractivity contribution in [3.63, 3.8) is 0 Å². The molecule has 0 saturated carbocycles. The summed E-state index contributed by atoms with van der Waals surface area (Å²) in [4.78, 5) is 16.2. The van der Waals surface area contributed by atoms with Gasteiger partial charge < -0.3 is 4.74 Å². The first-order chi connectivity index (χ1) is 8.81. The first-order valence-corrected chi connectivity index (χ1v) is 6.81. The summed E-state index contributed by atoms with van der Waals surface area (Å²) in [6.07, 6.45) is 1.56. The highest BCUT2D eigenvalue weighted by atomic mass is 32.1. The van der Waals surface area contributed by atoms with E-state index in [1.165, 1.54) is 11.3 Å². The van der Waals surface area contributed by atoms with Gasteiger partial charge in [0.1, 0.15) is 9.88 Å². The standard InChI is InChI=1S/C12H11NO2S.C2H6/c1-2-15-12(14)10-8-13-11(16-10)9-6-4-3-5-7-9;1-2/h3-8H,2H2,1H3;1-2H3. The van der Waals surface area contributed by atoms with E-state index in [1.54, 1.807) is 13.1 Å². The number of esters is 1. The number of carbonyl (C=O) groups excluding carboxylic acids is 1. The molecular formula is C14H17NO2S. The molecule has 0 aliphatic carbocycles. The molecule has 2 aromatic rings. The van der Waals surface area contributed by atoms with Crippen LogP contribution in [0.3, 0.4) is 0 Å². The first-order valence-electron chi connectivity index (χ1n) is 5.99. The second-order valence-electron chi connectivity index (χ2n) is 3.12. The predicted octanol–water partition coefficient (Wildman–Crippen LogP) is 4.01. The number of hydrogen-bond donors (Lipinski definition) is 0. The molecule has 0 aliphatic rings. The van der Waals surface area contributed by atoms with Crippen LogP contribution in [0.15, 0.2) is 36.5 Å². The Morgan fingerprint density at radius 1 is 1.28 bits per heavy atom. The molecule has 0 N–H and O–H groups in total. The minimum atomic E-state index is -0.304. The Labute approximate surface area is 111 Å². The molecule has 0 unspecified atom stereocenters. The summed E-state index contributed by atoms with van der Waals surface area (Å²) >= 11 is 1.35. The molecule has 3 nitrogen and oxygen atoms in total. The molecule has 0 fully saturated rings. The molecule has 96 valence electrons. The van der Waals surface area contributed by atoms with E-state index < -0.39 is 0 Å². The van der Waals surface area contributed by atoms with Crippen LogP contribution in [-0.2, 0) is 4.74 Å². The molecule has 0 amide bonds. The Bertz CT molecular complexity index is 480. The Kier molecular flexibility index (Phi) is 6.08. The van der Waals surface area contributed by atoms with E-state index >= 15 is 0 Å². The molecule has 18 heavy (non-hydrogen) atoms. The van der Waals surface area contributed by atoms with Crippen molar-refractivity contribution in [1.82, 2.24) is 4.98 Å². The number of hydrogen-bond acceptors (Lipinski definition) is 4. The van der Waals surface area contributed by atoms with Gasteiger partial charge in [-0.25, -0.2) is 9.78 Å². The van der Waals surface area contributed by atoms with Gasteiger partial charge in [0.25, 0.3) is 0 Å². The van der Waals surface area contributed by atoms with Crippen molar-refractivity contribution in [3.8, 4) is 10.6 Å². The zero-order chi connectivity index (χ0) is 13.4. The van der Waals surface area contributed by atoms with E-state index in [0.717, 1.165) is 10.6 Å². The second-order valence-corrected chi connectivity index (χ2v) is 4.15. The van der Waals surface area contributed by atoms with Gasteiger partial charge in [-0.15, -0.1) is 11.3 Å². The lowest BCUT2D eigenvalue weighted by atomic mass is 10.2. The molecule has 0 spiro atoms. The fourth-order valence-electron chi connectivity index (χ4n) is 1.28. The number of rotatable bonds is 3. The topological polar surface area (TPSA) is 39.2 Å². The minimum absolute atomic E-state index is 0.304. The summed E-state index contributed by atoms with van der Waals surface area (Å²) in [5, 5.41) is 0.837. The highest BCUT2D eigenvalue weighted by Gasteiger charge is 2.11. The molecule has 0 saturated heterocycles. The van der Waals surface area contributed by atoms with Crippen LogP contribution in [0.2, 0.25) is 0 Å². The minimum Gasteiger partial charge on any atom is -0.462 e. The van der Waals surface area contributed by atoms with E-state index in [9.17, 15) is 4.79 Å². The largest absolute Gasteiger partial charge is 0.462 e. The van der Waals surface area contributed by atoms with Crippen molar-refractivity contribution >= 4 is 17.3 Å². The molecule has 0 atom stereocenters. The molecule has 0 radical (unpaired) electrons. The van der Waals surface area contributed by atoms with Gasteiger partial charge in [-0.1, -0.05) is 44.2 Å². The van der Waals surface area contributed by atoms with Crippen molar-refractivity contribution in [2.75, 3.05) is 6.61 Å². The molecule has 0 aliphatic heterocycles. The maximum Gasteiger partial charge on any atom is 0.349 e. The quantitative estimate of drug-likeness (QED) is 0.785. The number of nitrogens with zero attached hydrogens (tertiary/aromatic N) is 1.